The van der Waals surface area contributed by atoms with E-state index in [0.717, 1.165) is 23.2 Å². The van der Waals surface area contributed by atoms with E-state index in [0.29, 0.717) is 77.4 Å². The van der Waals surface area contributed by atoms with Gasteiger partial charge in [0.1, 0.15) is 12.1 Å². The van der Waals surface area contributed by atoms with Gasteiger partial charge in [0.15, 0.2) is 0 Å². The number of benzene rings is 2. The van der Waals surface area contributed by atoms with Gasteiger partial charge in [0.2, 0.25) is 41.4 Å². The van der Waals surface area contributed by atoms with Crippen molar-refractivity contribution in [3.63, 3.8) is 0 Å². The second-order valence-electron chi connectivity index (χ2n) is 22.6. The standard InChI is InChI=1S/C61H95N7O11/c1-15-41(7)55(49(77-12)38-52(71)67-34-23-26-48(67)56(78-13)42(8)57(72)62-47(61(76)79-14)36-44-24-19-17-20-25-44)66(11)60(75)53(39(3)4)63-58(73)54(40(5)6)64(9)35-32-43-28-30-46(31-29-43)65(10)50(69)27-21-18-22-33-68-51(70)37-45(16-2)59(68)74/h17,19-20,24-25,28-31,39-42,45,47-49,53-56H,15-16,18,21-23,26-27,32-38H2,1-14H3,(H,62,72)(H,63,73)/t41-,42+,45?,47-,48-,49+,53-,54-,55-,56+/m0/s1. The van der Waals surface area contributed by atoms with E-state index in [1.165, 1.54) is 19.1 Å². The van der Waals surface area contributed by atoms with Crippen LogP contribution in [0.25, 0.3) is 0 Å². The number of carbonyl (C=O) groups is 8. The summed E-state index contributed by atoms with van der Waals surface area (Å²) in [6, 6.07) is 13.9. The van der Waals surface area contributed by atoms with E-state index in [2.05, 4.69) is 10.6 Å². The Kier molecular flexibility index (Phi) is 26.6. The van der Waals surface area contributed by atoms with Crippen LogP contribution >= 0.6 is 0 Å². The van der Waals surface area contributed by atoms with Crippen molar-refractivity contribution in [3.05, 3.63) is 65.7 Å². The number of likely N-dealkylation sites (N-methyl/N-ethyl adjacent to an activating group) is 2. The number of nitrogens with one attached hydrogen (secondary N) is 2. The summed E-state index contributed by atoms with van der Waals surface area (Å²) in [5.41, 5.74) is 2.67. The summed E-state index contributed by atoms with van der Waals surface area (Å²) in [5.74, 6) is -3.30. The number of likely N-dealkylation sites (tertiary alicyclic amines) is 2. The molecule has 0 spiro atoms. The van der Waals surface area contributed by atoms with Crippen molar-refractivity contribution in [3.8, 4) is 0 Å². The van der Waals surface area contributed by atoms with Crippen molar-refractivity contribution in [2.45, 2.75) is 175 Å². The highest BCUT2D eigenvalue weighted by molar-refractivity contribution is 6.03. The van der Waals surface area contributed by atoms with Gasteiger partial charge in [0, 0.05) is 78.8 Å². The van der Waals surface area contributed by atoms with Crippen molar-refractivity contribution in [1.82, 2.24) is 30.2 Å². The van der Waals surface area contributed by atoms with Gasteiger partial charge in [-0.05, 0) is 86.6 Å². The Bertz CT molecular complexity index is 2310. The molecule has 7 amide bonds. The average Bonchev–Trinajstić information content (AvgIpc) is 4.04. The summed E-state index contributed by atoms with van der Waals surface area (Å²) in [6.45, 7) is 16.9. The largest absolute Gasteiger partial charge is 0.467 e. The third-order valence-corrected chi connectivity index (χ3v) is 16.5. The molecule has 2 N–H and O–H groups in total. The molecule has 79 heavy (non-hydrogen) atoms. The second kappa shape index (κ2) is 31.9. The number of imide groups is 1. The summed E-state index contributed by atoms with van der Waals surface area (Å²) in [4.78, 5) is 116. The topological polar surface area (TPSA) is 205 Å². The number of amides is 7. The molecule has 4 rings (SSSR count). The number of hydrogen-bond donors (Lipinski definition) is 2. The summed E-state index contributed by atoms with van der Waals surface area (Å²) in [5, 5.41) is 6.01. The second-order valence-corrected chi connectivity index (χ2v) is 22.6. The maximum Gasteiger partial charge on any atom is 0.328 e. The maximum atomic E-state index is 14.8. The quantitative estimate of drug-likeness (QED) is 0.0461. The number of carbonyl (C=O) groups excluding carboxylic acids is 8. The van der Waals surface area contributed by atoms with Crippen LogP contribution in [0.4, 0.5) is 5.69 Å². The number of methoxy groups -OCH3 is 3. The molecule has 10 atom stereocenters. The fraction of sp³-hybridized carbons (Fsp3) is 0.672. The molecular formula is C61H95N7O11. The SMILES string of the molecule is CCC1CC(=O)N(CCCCCC(=O)N(C)c2ccc(CCN(C)[C@H](C(=O)N[C@H](C(=O)N(C)[C@@H]([C@@H](C)CC)[C@@H](CC(=O)N3CCC[C@H]3[C@H](OC)[C@@H](C)C(=O)N[C@@H](Cc3ccccc3)C(=O)OC)OC)C(C)C)C(C)C)cc2)C1=O. The minimum atomic E-state index is -0.919. The first-order chi connectivity index (χ1) is 37.5. The zero-order valence-corrected chi connectivity index (χ0v) is 50.0. The van der Waals surface area contributed by atoms with Crippen LogP contribution in [-0.2, 0) is 65.4 Å². The van der Waals surface area contributed by atoms with Gasteiger partial charge in [0.25, 0.3) is 0 Å². The van der Waals surface area contributed by atoms with Crippen LogP contribution in [0.2, 0.25) is 0 Å². The minimum Gasteiger partial charge on any atom is -0.467 e. The van der Waals surface area contributed by atoms with Crippen LogP contribution in [0.5, 0.6) is 0 Å². The van der Waals surface area contributed by atoms with Gasteiger partial charge < -0.3 is 39.5 Å². The number of esters is 1. The molecule has 0 saturated carbocycles. The number of ether oxygens (including phenoxy) is 3. The van der Waals surface area contributed by atoms with E-state index in [1.54, 1.807) is 42.8 Å². The smallest absolute Gasteiger partial charge is 0.328 e. The van der Waals surface area contributed by atoms with Crippen LogP contribution in [0.1, 0.15) is 131 Å². The van der Waals surface area contributed by atoms with E-state index >= 15 is 0 Å². The van der Waals surface area contributed by atoms with Crippen LogP contribution in [0.15, 0.2) is 54.6 Å². The van der Waals surface area contributed by atoms with Gasteiger partial charge in [-0.2, -0.15) is 0 Å². The highest BCUT2D eigenvalue weighted by atomic mass is 16.5. The molecule has 0 radical (unpaired) electrons. The zero-order valence-electron chi connectivity index (χ0n) is 50.0. The lowest BCUT2D eigenvalue weighted by Gasteiger charge is -2.41. The number of rotatable bonds is 32. The molecule has 2 aromatic rings. The molecule has 2 aliphatic rings. The lowest BCUT2D eigenvalue weighted by Crippen LogP contribution is -2.60. The normalized spacial score (nSPS) is 18.7. The molecule has 0 bridgehead atoms. The summed E-state index contributed by atoms with van der Waals surface area (Å²) in [6.07, 6.45) is 4.83. The Morgan fingerprint density at radius 3 is 2.03 bits per heavy atom. The van der Waals surface area contributed by atoms with Crippen LogP contribution in [-0.4, -0.2) is 171 Å². The lowest BCUT2D eigenvalue weighted by atomic mass is 9.89. The molecule has 2 aromatic carbocycles. The van der Waals surface area contributed by atoms with Crippen molar-refractivity contribution < 1.29 is 52.6 Å². The fourth-order valence-electron chi connectivity index (χ4n) is 11.4. The highest BCUT2D eigenvalue weighted by Crippen LogP contribution is 2.30. The number of nitrogens with zero attached hydrogens (tertiary/aromatic N) is 5. The molecule has 0 aliphatic carbocycles. The van der Waals surface area contributed by atoms with Gasteiger partial charge in [-0.15, -0.1) is 0 Å². The molecule has 2 saturated heterocycles. The van der Waals surface area contributed by atoms with Crippen molar-refractivity contribution >= 4 is 53.0 Å². The number of hydrogen-bond acceptors (Lipinski definition) is 12. The van der Waals surface area contributed by atoms with E-state index in [4.69, 9.17) is 14.2 Å². The van der Waals surface area contributed by atoms with E-state index < -0.39 is 60.2 Å². The molecule has 2 heterocycles. The molecule has 440 valence electrons. The third-order valence-electron chi connectivity index (χ3n) is 16.5. The van der Waals surface area contributed by atoms with E-state index in [9.17, 15) is 38.4 Å². The van der Waals surface area contributed by atoms with Gasteiger partial charge in [-0.25, -0.2) is 4.79 Å². The van der Waals surface area contributed by atoms with E-state index in [-0.39, 0.29) is 72.0 Å². The Morgan fingerprint density at radius 1 is 0.785 bits per heavy atom. The Balaban J connectivity index is 1.36. The molecule has 2 fully saturated rings. The molecular weight excluding hydrogens is 1010 g/mol. The third kappa shape index (κ3) is 17.9. The predicted molar refractivity (Wildman–Crippen MR) is 305 cm³/mol. The Hall–Kier alpha value is -5.72. The predicted octanol–water partition coefficient (Wildman–Crippen LogP) is 6.46. The fourth-order valence-corrected chi connectivity index (χ4v) is 11.4. The Morgan fingerprint density at radius 2 is 1.46 bits per heavy atom. The Labute approximate surface area is 471 Å². The molecule has 0 aromatic heterocycles. The maximum absolute atomic E-state index is 14.8. The van der Waals surface area contributed by atoms with Gasteiger partial charge in [-0.1, -0.05) is 111 Å². The van der Waals surface area contributed by atoms with Crippen LogP contribution in [0, 0.1) is 29.6 Å². The summed E-state index contributed by atoms with van der Waals surface area (Å²) >= 11 is 0. The summed E-state index contributed by atoms with van der Waals surface area (Å²) < 4.78 is 17.1. The number of unbranched alkanes of at least 4 members (excludes halogenated alkanes) is 2. The minimum absolute atomic E-state index is 0.0156. The van der Waals surface area contributed by atoms with Gasteiger partial charge >= 0.3 is 5.97 Å². The lowest BCUT2D eigenvalue weighted by molar-refractivity contribution is -0.149. The van der Waals surface area contributed by atoms with Crippen molar-refractivity contribution in [2.75, 3.05) is 67.0 Å². The molecule has 18 heteroatoms. The van der Waals surface area contributed by atoms with Crippen molar-refractivity contribution in [2.24, 2.45) is 29.6 Å². The van der Waals surface area contributed by atoms with Gasteiger partial charge in [0.05, 0.1) is 49.8 Å². The molecule has 1 unspecified atom stereocenters. The summed E-state index contributed by atoms with van der Waals surface area (Å²) in [7, 11) is 9.74. The van der Waals surface area contributed by atoms with Crippen LogP contribution in [0.3, 0.4) is 0 Å². The van der Waals surface area contributed by atoms with Gasteiger partial charge in [-0.3, -0.25) is 43.4 Å². The molecule has 2 aliphatic heterocycles. The highest BCUT2D eigenvalue weighted by Gasteiger charge is 2.44. The van der Waals surface area contributed by atoms with E-state index in [1.807, 2.05) is 115 Å². The first kappa shape index (κ1) is 65.8. The first-order valence-corrected chi connectivity index (χ1v) is 28.8. The first-order valence-electron chi connectivity index (χ1n) is 28.8. The van der Waals surface area contributed by atoms with Crippen LogP contribution < -0.4 is 15.5 Å². The number of anilines is 1. The van der Waals surface area contributed by atoms with Crippen molar-refractivity contribution in [1.29, 1.82) is 0 Å². The average molecular weight is 1100 g/mol. The molecule has 18 nitrogen and oxygen atoms in total. The monoisotopic (exact) mass is 1100 g/mol. The zero-order chi connectivity index (χ0) is 58.7.